The van der Waals surface area contributed by atoms with Crippen LogP contribution in [-0.2, 0) is 6.18 Å². The van der Waals surface area contributed by atoms with Crippen molar-refractivity contribution in [1.82, 2.24) is 10.3 Å². The lowest BCUT2D eigenvalue weighted by Crippen LogP contribution is -2.22. The fourth-order valence-corrected chi connectivity index (χ4v) is 2.74. The lowest BCUT2D eigenvalue weighted by atomic mass is 10.0. The van der Waals surface area contributed by atoms with Gasteiger partial charge in [-0.1, -0.05) is 19.1 Å². The first-order valence-corrected chi connectivity index (χ1v) is 6.86. The smallest absolute Gasteiger partial charge is 0.306 e. The molecule has 0 saturated carbocycles. The van der Waals surface area contributed by atoms with Crippen LogP contribution in [-0.4, -0.2) is 11.5 Å². The van der Waals surface area contributed by atoms with Crippen LogP contribution >= 0.6 is 11.3 Å². The van der Waals surface area contributed by atoms with Gasteiger partial charge in [-0.15, -0.1) is 11.3 Å². The average Bonchev–Trinajstić information content (AvgIpc) is 2.89. The zero-order valence-electron chi connectivity index (χ0n) is 10.8. The summed E-state index contributed by atoms with van der Waals surface area (Å²) >= 11 is 0.410. The van der Waals surface area contributed by atoms with Gasteiger partial charge in [-0.3, -0.25) is 0 Å². The molecule has 2 nitrogen and oxygen atoms in total. The molecule has 1 aromatic heterocycles. The molecule has 0 amide bonds. The Kier molecular flexibility index (Phi) is 4.58. The third kappa shape index (κ3) is 3.38. The van der Waals surface area contributed by atoms with Gasteiger partial charge < -0.3 is 5.32 Å². The summed E-state index contributed by atoms with van der Waals surface area (Å²) in [6.07, 6.45) is -3.52. The highest BCUT2D eigenvalue weighted by molar-refractivity contribution is 7.11. The zero-order chi connectivity index (χ0) is 15.6. The molecule has 2 rings (SSSR count). The van der Waals surface area contributed by atoms with Gasteiger partial charge in [-0.25, -0.2) is 13.8 Å². The van der Waals surface area contributed by atoms with E-state index >= 15 is 0 Å². The number of hydrogen-bond acceptors (Lipinski definition) is 3. The van der Waals surface area contributed by atoms with Crippen LogP contribution < -0.4 is 5.32 Å². The molecule has 0 bridgehead atoms. The van der Waals surface area contributed by atoms with Crippen LogP contribution in [0.1, 0.15) is 28.4 Å². The van der Waals surface area contributed by atoms with Crippen LogP contribution in [0.15, 0.2) is 24.4 Å². The number of aromatic nitrogens is 1. The third-order valence-electron chi connectivity index (χ3n) is 2.75. The van der Waals surface area contributed by atoms with Crippen LogP contribution in [0.4, 0.5) is 22.0 Å². The molecule has 2 aromatic rings. The number of nitrogens with one attached hydrogen (secondary N) is 1. The number of nitrogens with zero attached hydrogens (tertiary/aromatic N) is 1. The van der Waals surface area contributed by atoms with Crippen molar-refractivity contribution in [2.75, 3.05) is 6.54 Å². The topological polar surface area (TPSA) is 24.9 Å². The molecule has 0 spiro atoms. The molecule has 0 radical (unpaired) electrons. The lowest BCUT2D eigenvalue weighted by Gasteiger charge is -2.17. The van der Waals surface area contributed by atoms with E-state index in [0.29, 0.717) is 17.9 Å². The Morgan fingerprint density at radius 2 is 2.00 bits per heavy atom. The molecule has 1 unspecified atom stereocenters. The van der Waals surface area contributed by atoms with Crippen LogP contribution in [0.25, 0.3) is 0 Å². The van der Waals surface area contributed by atoms with Gasteiger partial charge in [0.05, 0.1) is 6.04 Å². The normalized spacial score (nSPS) is 13.4. The van der Waals surface area contributed by atoms with Crippen molar-refractivity contribution in [3.63, 3.8) is 0 Å². The van der Waals surface area contributed by atoms with Gasteiger partial charge >= 0.3 is 6.18 Å². The first-order chi connectivity index (χ1) is 9.84. The molecule has 1 atom stereocenters. The van der Waals surface area contributed by atoms with Gasteiger partial charge in [-0.05, 0) is 12.6 Å². The minimum absolute atomic E-state index is 0.0470. The molecule has 21 heavy (non-hydrogen) atoms. The fraction of sp³-hybridized carbons (Fsp3) is 0.308. The molecule has 0 saturated heterocycles. The van der Waals surface area contributed by atoms with Crippen molar-refractivity contribution in [3.05, 3.63) is 51.5 Å². The highest BCUT2D eigenvalue weighted by Crippen LogP contribution is 2.36. The van der Waals surface area contributed by atoms with Crippen LogP contribution in [0, 0.1) is 11.6 Å². The van der Waals surface area contributed by atoms with Gasteiger partial charge in [0.1, 0.15) is 0 Å². The van der Waals surface area contributed by atoms with E-state index in [2.05, 4.69) is 10.3 Å². The molecule has 0 aliphatic carbocycles. The Morgan fingerprint density at radius 1 is 1.29 bits per heavy atom. The standard InChI is InChI=1S/C13H11F5N2S/c1-2-19-11(7-4-3-5-8(14)10(7)15)9-6-20-12(21-9)13(16,17)18/h3-6,11,19H,2H2,1H3. The predicted molar refractivity (Wildman–Crippen MR) is 69.0 cm³/mol. The Hall–Kier alpha value is -1.54. The summed E-state index contributed by atoms with van der Waals surface area (Å²) in [5.41, 5.74) is -0.0470. The quantitative estimate of drug-likeness (QED) is 0.856. The van der Waals surface area contributed by atoms with Crippen LogP contribution in [0.5, 0.6) is 0 Å². The molecular formula is C13H11F5N2S. The number of rotatable bonds is 4. The zero-order valence-corrected chi connectivity index (χ0v) is 11.7. The molecule has 1 aromatic carbocycles. The maximum Gasteiger partial charge on any atom is 0.443 e. The summed E-state index contributed by atoms with van der Waals surface area (Å²) in [6, 6.07) is 2.72. The summed E-state index contributed by atoms with van der Waals surface area (Å²) < 4.78 is 64.9. The highest BCUT2D eigenvalue weighted by Gasteiger charge is 2.35. The summed E-state index contributed by atoms with van der Waals surface area (Å²) in [6.45, 7) is 2.09. The van der Waals surface area contributed by atoms with Crippen molar-refractivity contribution in [2.24, 2.45) is 0 Å². The largest absolute Gasteiger partial charge is 0.443 e. The molecule has 1 N–H and O–H groups in total. The number of hydrogen-bond donors (Lipinski definition) is 1. The molecule has 1 heterocycles. The van der Waals surface area contributed by atoms with Crippen molar-refractivity contribution >= 4 is 11.3 Å². The number of alkyl halides is 3. The van der Waals surface area contributed by atoms with E-state index in [0.717, 1.165) is 12.3 Å². The van der Waals surface area contributed by atoms with Gasteiger partial charge in [-0.2, -0.15) is 13.2 Å². The molecule has 8 heteroatoms. The molecule has 0 fully saturated rings. The highest BCUT2D eigenvalue weighted by atomic mass is 32.1. The van der Waals surface area contributed by atoms with E-state index < -0.39 is 28.9 Å². The monoisotopic (exact) mass is 322 g/mol. The van der Waals surface area contributed by atoms with Crippen LogP contribution in [0.2, 0.25) is 0 Å². The van der Waals surface area contributed by atoms with Crippen molar-refractivity contribution < 1.29 is 22.0 Å². The second-order valence-electron chi connectivity index (χ2n) is 4.20. The van der Waals surface area contributed by atoms with Gasteiger partial charge in [0.15, 0.2) is 16.6 Å². The predicted octanol–water partition coefficient (Wildman–Crippen LogP) is 4.14. The summed E-state index contributed by atoms with van der Waals surface area (Å²) in [5.74, 6) is -2.12. The van der Waals surface area contributed by atoms with E-state index in [-0.39, 0.29) is 10.4 Å². The number of benzene rings is 1. The second kappa shape index (κ2) is 6.07. The van der Waals surface area contributed by atoms with E-state index in [1.165, 1.54) is 12.1 Å². The maximum absolute atomic E-state index is 13.8. The second-order valence-corrected chi connectivity index (χ2v) is 5.26. The average molecular weight is 322 g/mol. The van der Waals surface area contributed by atoms with Gasteiger partial charge in [0.25, 0.3) is 0 Å². The fourth-order valence-electron chi connectivity index (χ4n) is 1.86. The van der Waals surface area contributed by atoms with E-state index in [1.54, 1.807) is 6.92 Å². The van der Waals surface area contributed by atoms with E-state index in [4.69, 9.17) is 0 Å². The number of thiazole rings is 1. The SMILES string of the molecule is CCNC(c1cnc(C(F)(F)F)s1)c1cccc(F)c1F. The minimum Gasteiger partial charge on any atom is -0.306 e. The molecular weight excluding hydrogens is 311 g/mol. The van der Waals surface area contributed by atoms with Crippen molar-refractivity contribution in [1.29, 1.82) is 0 Å². The first-order valence-electron chi connectivity index (χ1n) is 6.04. The van der Waals surface area contributed by atoms with Gasteiger partial charge in [0.2, 0.25) is 0 Å². The summed E-state index contributed by atoms with van der Waals surface area (Å²) in [4.78, 5) is 3.48. The van der Waals surface area contributed by atoms with E-state index in [9.17, 15) is 22.0 Å². The molecule has 0 aliphatic rings. The summed E-state index contributed by atoms with van der Waals surface area (Å²) in [7, 11) is 0. The molecule has 0 aliphatic heterocycles. The maximum atomic E-state index is 13.8. The number of halogens is 5. The summed E-state index contributed by atoms with van der Waals surface area (Å²) in [5, 5.41) is 1.83. The lowest BCUT2D eigenvalue weighted by molar-refractivity contribution is -0.137. The molecule has 114 valence electrons. The van der Waals surface area contributed by atoms with Gasteiger partial charge in [0, 0.05) is 16.6 Å². The minimum atomic E-state index is -4.56. The van der Waals surface area contributed by atoms with Crippen molar-refractivity contribution in [2.45, 2.75) is 19.1 Å². The van der Waals surface area contributed by atoms with E-state index in [1.807, 2.05) is 0 Å². The Balaban J connectivity index is 2.44. The Bertz CT molecular complexity index is 623. The van der Waals surface area contributed by atoms with Crippen molar-refractivity contribution in [3.8, 4) is 0 Å². The van der Waals surface area contributed by atoms with Crippen LogP contribution in [0.3, 0.4) is 0 Å². The third-order valence-corrected chi connectivity index (χ3v) is 3.86. The Morgan fingerprint density at radius 3 is 2.57 bits per heavy atom. The first kappa shape index (κ1) is 15.8. The Labute approximate surface area is 121 Å².